The van der Waals surface area contributed by atoms with Gasteiger partial charge in [-0.15, -0.1) is 11.3 Å². The minimum Gasteiger partial charge on any atom is -0.334 e. The third-order valence-electron chi connectivity index (χ3n) is 5.56. The maximum Gasteiger partial charge on any atom is 0.254 e. The molecule has 1 atom stereocenters. The maximum atomic E-state index is 13.1. The summed E-state index contributed by atoms with van der Waals surface area (Å²) in [6.07, 6.45) is 7.76. The second-order valence-electron chi connectivity index (χ2n) is 7.29. The molecule has 1 N–H and O–H groups in total. The van der Waals surface area contributed by atoms with Crippen molar-refractivity contribution in [2.24, 2.45) is 5.92 Å². The molecular weight excluding hydrogens is 356 g/mol. The van der Waals surface area contributed by atoms with Gasteiger partial charge in [-0.2, -0.15) is 0 Å². The van der Waals surface area contributed by atoms with Crippen LogP contribution in [0.15, 0.2) is 41.8 Å². The molecule has 1 aromatic heterocycles. The van der Waals surface area contributed by atoms with E-state index in [0.29, 0.717) is 12.1 Å². The van der Waals surface area contributed by atoms with E-state index in [1.807, 2.05) is 30.0 Å². The van der Waals surface area contributed by atoms with Crippen molar-refractivity contribution in [1.82, 2.24) is 4.90 Å². The Kier molecular flexibility index (Phi) is 5.12. The van der Waals surface area contributed by atoms with Crippen LogP contribution in [-0.4, -0.2) is 23.3 Å². The third kappa shape index (κ3) is 3.69. The molecule has 4 rings (SSSR count). The second kappa shape index (κ2) is 7.69. The highest BCUT2D eigenvalue weighted by atomic mass is 32.1. The molecule has 0 saturated heterocycles. The largest absolute Gasteiger partial charge is 0.334 e. The Morgan fingerprint density at radius 3 is 2.93 bits per heavy atom. The number of nitrogens with one attached hydrogen (secondary N) is 1. The van der Waals surface area contributed by atoms with E-state index in [4.69, 9.17) is 0 Å². The average Bonchev–Trinajstić information content (AvgIpc) is 3.17. The van der Waals surface area contributed by atoms with Crippen molar-refractivity contribution in [3.63, 3.8) is 0 Å². The van der Waals surface area contributed by atoms with Crippen molar-refractivity contribution < 1.29 is 9.59 Å². The Hall–Kier alpha value is -2.40. The van der Waals surface area contributed by atoms with Crippen LogP contribution in [-0.2, 0) is 17.8 Å². The van der Waals surface area contributed by atoms with E-state index in [0.717, 1.165) is 43.5 Å². The molecule has 27 heavy (non-hydrogen) atoms. The van der Waals surface area contributed by atoms with E-state index >= 15 is 0 Å². The first kappa shape index (κ1) is 18.0. The summed E-state index contributed by atoms with van der Waals surface area (Å²) in [6.45, 7) is 3.34. The van der Waals surface area contributed by atoms with Crippen LogP contribution in [0.25, 0.3) is 0 Å². The fraction of sp³-hybridized carbons (Fsp3) is 0.364. The number of allylic oxidation sites excluding steroid dienone is 2. The lowest BCUT2D eigenvalue weighted by Crippen LogP contribution is -2.35. The van der Waals surface area contributed by atoms with Crippen molar-refractivity contribution in [2.45, 2.75) is 39.2 Å². The number of amides is 2. The predicted molar refractivity (Wildman–Crippen MR) is 109 cm³/mol. The molecule has 2 aliphatic rings. The lowest BCUT2D eigenvalue weighted by Gasteiger charge is -2.28. The number of hydrogen-bond donors (Lipinski definition) is 1. The molecule has 2 aromatic rings. The summed E-state index contributed by atoms with van der Waals surface area (Å²) in [6, 6.07) is 7.72. The van der Waals surface area contributed by atoms with E-state index in [9.17, 15) is 9.59 Å². The van der Waals surface area contributed by atoms with E-state index in [1.54, 1.807) is 11.3 Å². The number of nitrogens with zero attached hydrogens (tertiary/aromatic N) is 1. The zero-order chi connectivity index (χ0) is 18.8. The Morgan fingerprint density at radius 2 is 2.11 bits per heavy atom. The summed E-state index contributed by atoms with van der Waals surface area (Å²) < 4.78 is 0. The van der Waals surface area contributed by atoms with Crippen molar-refractivity contribution in [3.8, 4) is 0 Å². The molecule has 0 saturated carbocycles. The zero-order valence-electron chi connectivity index (χ0n) is 15.5. The van der Waals surface area contributed by atoms with Crippen LogP contribution >= 0.6 is 11.3 Å². The van der Waals surface area contributed by atoms with Gasteiger partial charge in [-0.3, -0.25) is 9.59 Å². The van der Waals surface area contributed by atoms with Gasteiger partial charge < -0.3 is 10.2 Å². The number of anilines is 1. The number of fused-ring (bicyclic) bond motifs is 1. The summed E-state index contributed by atoms with van der Waals surface area (Å²) in [5.74, 6) is 0.113. The molecule has 140 valence electrons. The van der Waals surface area contributed by atoms with Crippen LogP contribution in [0, 0.1) is 12.8 Å². The van der Waals surface area contributed by atoms with Crippen molar-refractivity contribution in [1.29, 1.82) is 0 Å². The smallest absolute Gasteiger partial charge is 0.254 e. The second-order valence-corrected chi connectivity index (χ2v) is 8.30. The highest BCUT2D eigenvalue weighted by molar-refractivity contribution is 7.10. The Labute approximate surface area is 163 Å². The molecule has 4 nitrogen and oxygen atoms in total. The number of rotatable bonds is 3. The first-order valence-corrected chi connectivity index (χ1v) is 10.4. The third-order valence-corrected chi connectivity index (χ3v) is 6.58. The standard InChI is InChI=1S/C22H24N2O2S/c1-15-18(22(26)24-12-10-20-17(14-24)11-13-27-20)8-5-9-19(15)23-21(25)16-6-3-2-4-7-16/h2-3,5,8-9,11,13,16H,4,6-7,10,12,14H2,1H3,(H,23,25). The van der Waals surface area contributed by atoms with Crippen LogP contribution in [0.3, 0.4) is 0 Å². The molecule has 0 spiro atoms. The molecular formula is C22H24N2O2S. The molecule has 0 fully saturated rings. The van der Waals surface area contributed by atoms with Crippen molar-refractivity contribution in [3.05, 3.63) is 63.4 Å². The SMILES string of the molecule is Cc1c(NC(=O)C2CC=CCC2)cccc1C(=O)N1CCc2sccc2C1. The van der Waals surface area contributed by atoms with Crippen LogP contribution < -0.4 is 5.32 Å². The quantitative estimate of drug-likeness (QED) is 0.794. The summed E-state index contributed by atoms with van der Waals surface area (Å²) in [7, 11) is 0. The Morgan fingerprint density at radius 1 is 1.22 bits per heavy atom. The van der Waals surface area contributed by atoms with Crippen LogP contribution in [0.5, 0.6) is 0 Å². The first-order valence-electron chi connectivity index (χ1n) is 9.53. The molecule has 5 heteroatoms. The molecule has 0 bridgehead atoms. The first-order chi connectivity index (χ1) is 13.1. The minimum absolute atomic E-state index is 0.0212. The van der Waals surface area contributed by atoms with E-state index in [-0.39, 0.29) is 17.7 Å². The van der Waals surface area contributed by atoms with E-state index in [1.165, 1.54) is 10.4 Å². The predicted octanol–water partition coefficient (Wildman–Crippen LogP) is 4.55. The summed E-state index contributed by atoms with van der Waals surface area (Å²) >= 11 is 1.77. The molecule has 1 aromatic carbocycles. The fourth-order valence-electron chi connectivity index (χ4n) is 3.86. The Bertz CT molecular complexity index is 899. The number of benzene rings is 1. The minimum atomic E-state index is 0.0212. The molecule has 0 radical (unpaired) electrons. The van der Waals surface area contributed by atoms with Gasteiger partial charge in [0, 0.05) is 35.1 Å². The number of carbonyl (C=O) groups is 2. The van der Waals surface area contributed by atoms with Gasteiger partial charge in [0.1, 0.15) is 0 Å². The van der Waals surface area contributed by atoms with Gasteiger partial charge in [-0.1, -0.05) is 18.2 Å². The topological polar surface area (TPSA) is 49.4 Å². The van der Waals surface area contributed by atoms with Crippen LogP contribution in [0.2, 0.25) is 0 Å². The summed E-state index contributed by atoms with van der Waals surface area (Å²) in [5.41, 5.74) is 3.52. The fourth-order valence-corrected chi connectivity index (χ4v) is 4.75. The molecule has 2 amide bonds. The van der Waals surface area contributed by atoms with Crippen molar-refractivity contribution in [2.75, 3.05) is 11.9 Å². The number of hydrogen-bond acceptors (Lipinski definition) is 3. The van der Waals surface area contributed by atoms with Crippen LogP contribution in [0.4, 0.5) is 5.69 Å². The molecule has 1 unspecified atom stereocenters. The van der Waals surface area contributed by atoms with Gasteiger partial charge in [-0.25, -0.2) is 0 Å². The summed E-state index contributed by atoms with van der Waals surface area (Å²) in [5, 5.41) is 5.15. The monoisotopic (exact) mass is 380 g/mol. The number of carbonyl (C=O) groups excluding carboxylic acids is 2. The lowest BCUT2D eigenvalue weighted by atomic mass is 9.93. The summed E-state index contributed by atoms with van der Waals surface area (Å²) in [4.78, 5) is 29.0. The van der Waals surface area contributed by atoms with Gasteiger partial charge in [-0.05, 0) is 67.3 Å². The van der Waals surface area contributed by atoms with Crippen LogP contribution in [0.1, 0.15) is 45.6 Å². The Balaban J connectivity index is 1.50. The van der Waals surface area contributed by atoms with E-state index in [2.05, 4.69) is 28.9 Å². The zero-order valence-corrected chi connectivity index (χ0v) is 16.3. The van der Waals surface area contributed by atoms with Gasteiger partial charge in [0.15, 0.2) is 0 Å². The highest BCUT2D eigenvalue weighted by Gasteiger charge is 2.25. The van der Waals surface area contributed by atoms with Gasteiger partial charge >= 0.3 is 0 Å². The van der Waals surface area contributed by atoms with E-state index < -0.39 is 0 Å². The number of thiophene rings is 1. The molecule has 1 aliphatic heterocycles. The normalized spacial score (nSPS) is 18.9. The van der Waals surface area contributed by atoms with Gasteiger partial charge in [0.2, 0.25) is 5.91 Å². The average molecular weight is 381 g/mol. The highest BCUT2D eigenvalue weighted by Crippen LogP contribution is 2.28. The molecule has 1 aliphatic carbocycles. The van der Waals surface area contributed by atoms with Gasteiger partial charge in [0.05, 0.1) is 0 Å². The van der Waals surface area contributed by atoms with Gasteiger partial charge in [0.25, 0.3) is 5.91 Å². The lowest BCUT2D eigenvalue weighted by molar-refractivity contribution is -0.120. The maximum absolute atomic E-state index is 13.1. The molecule has 2 heterocycles. The van der Waals surface area contributed by atoms with Crippen molar-refractivity contribution >= 4 is 28.8 Å².